The molecule has 1 unspecified atom stereocenters. The Bertz CT molecular complexity index is 1020. The molecule has 8 heteroatoms. The predicted octanol–water partition coefficient (Wildman–Crippen LogP) is 3.18. The largest absolute Gasteiger partial charge is 0.507 e. The fourth-order valence-electron chi connectivity index (χ4n) is 3.64. The van der Waals surface area contributed by atoms with Crippen molar-refractivity contribution < 1.29 is 28.9 Å². The quantitative estimate of drug-likeness (QED) is 0.446. The number of rotatable bonds is 5. The summed E-state index contributed by atoms with van der Waals surface area (Å²) >= 11 is 6.00. The summed E-state index contributed by atoms with van der Waals surface area (Å²) in [5.74, 6) is -0.677. The molecule has 4 rings (SSSR count). The molecule has 156 valence electrons. The van der Waals surface area contributed by atoms with Crippen molar-refractivity contribution in [2.45, 2.75) is 6.04 Å². The average molecular weight is 430 g/mol. The number of aliphatic hydroxyl groups excluding tert-OH is 1. The Morgan fingerprint density at radius 3 is 2.53 bits per heavy atom. The monoisotopic (exact) mass is 429 g/mol. The average Bonchev–Trinajstić information content (AvgIpc) is 3.02. The summed E-state index contributed by atoms with van der Waals surface area (Å²) in [4.78, 5) is 27.0. The molecule has 0 bridgehead atoms. The number of ether oxygens (including phenoxy) is 3. The van der Waals surface area contributed by atoms with Gasteiger partial charge in [0.15, 0.2) is 11.5 Å². The van der Waals surface area contributed by atoms with Crippen LogP contribution in [0.1, 0.15) is 17.2 Å². The van der Waals surface area contributed by atoms with Crippen LogP contribution in [0.5, 0.6) is 11.5 Å². The summed E-state index contributed by atoms with van der Waals surface area (Å²) < 4.78 is 16.2. The number of hydrogen-bond acceptors (Lipinski definition) is 6. The maximum absolute atomic E-state index is 12.9. The van der Waals surface area contributed by atoms with Crippen molar-refractivity contribution >= 4 is 29.1 Å². The van der Waals surface area contributed by atoms with Crippen LogP contribution in [-0.4, -0.2) is 55.2 Å². The van der Waals surface area contributed by atoms with Gasteiger partial charge in [-0.1, -0.05) is 23.7 Å². The Hall–Kier alpha value is -3.03. The van der Waals surface area contributed by atoms with Crippen molar-refractivity contribution in [3.05, 3.63) is 64.2 Å². The summed E-state index contributed by atoms with van der Waals surface area (Å²) in [7, 11) is 1.52. The highest BCUT2D eigenvalue weighted by molar-refractivity contribution is 6.46. The van der Waals surface area contributed by atoms with E-state index in [9.17, 15) is 14.7 Å². The standard InChI is InChI=1S/C22H20ClNO6/c1-28-9-8-24-19(13-2-5-15(23)6-3-13)18(21(26)22(24)27)20(25)14-4-7-16-17(12-14)30-11-10-29-16/h2-7,12,19,25H,8-11H2,1H3. The van der Waals surface area contributed by atoms with Gasteiger partial charge in [-0.05, 0) is 35.9 Å². The Morgan fingerprint density at radius 2 is 1.83 bits per heavy atom. The van der Waals surface area contributed by atoms with Crippen molar-refractivity contribution in [2.24, 2.45) is 0 Å². The predicted molar refractivity (Wildman–Crippen MR) is 110 cm³/mol. The molecule has 1 fully saturated rings. The number of likely N-dealkylation sites (tertiary alicyclic amines) is 1. The van der Waals surface area contributed by atoms with Crippen LogP contribution >= 0.6 is 11.6 Å². The van der Waals surface area contributed by atoms with Gasteiger partial charge in [0, 0.05) is 24.2 Å². The summed E-state index contributed by atoms with van der Waals surface area (Å²) in [5, 5.41) is 11.6. The van der Waals surface area contributed by atoms with E-state index in [0.29, 0.717) is 40.9 Å². The maximum Gasteiger partial charge on any atom is 0.295 e. The van der Waals surface area contributed by atoms with E-state index in [0.717, 1.165) is 0 Å². The lowest BCUT2D eigenvalue weighted by Gasteiger charge is -2.25. The molecule has 1 amide bonds. The first kappa shape index (κ1) is 20.3. The van der Waals surface area contributed by atoms with Crippen LogP contribution in [0.4, 0.5) is 0 Å². The third kappa shape index (κ3) is 3.62. The van der Waals surface area contributed by atoms with Gasteiger partial charge in [-0.2, -0.15) is 0 Å². The summed E-state index contributed by atoms with van der Waals surface area (Å²) in [6.45, 7) is 1.29. The molecule has 2 aliphatic heterocycles. The van der Waals surface area contributed by atoms with Gasteiger partial charge in [0.2, 0.25) is 0 Å². The number of hydrogen-bond donors (Lipinski definition) is 1. The number of Topliss-reactive ketones (excluding diaryl/α,β-unsaturated/α-hetero) is 1. The number of nitrogens with zero attached hydrogens (tertiary/aromatic N) is 1. The normalized spacial score (nSPS) is 19.9. The minimum Gasteiger partial charge on any atom is -0.507 e. The number of methoxy groups -OCH3 is 1. The third-order valence-corrected chi connectivity index (χ3v) is 5.33. The van der Waals surface area contributed by atoms with Gasteiger partial charge in [0.25, 0.3) is 11.7 Å². The summed E-state index contributed by atoms with van der Waals surface area (Å²) in [6.07, 6.45) is 0. The SMILES string of the molecule is COCCN1C(=O)C(=O)C(=C(O)c2ccc3c(c2)OCCO3)C1c1ccc(Cl)cc1. The van der Waals surface area contributed by atoms with E-state index >= 15 is 0 Å². The maximum atomic E-state index is 12.9. The molecular weight excluding hydrogens is 410 g/mol. The van der Waals surface area contributed by atoms with Crippen molar-refractivity contribution in [2.75, 3.05) is 33.5 Å². The molecule has 1 atom stereocenters. The van der Waals surface area contributed by atoms with E-state index in [1.807, 2.05) is 0 Å². The van der Waals surface area contributed by atoms with Crippen molar-refractivity contribution in [3.63, 3.8) is 0 Å². The van der Waals surface area contributed by atoms with Crippen LogP contribution in [0.15, 0.2) is 48.0 Å². The second-order valence-electron chi connectivity index (χ2n) is 6.90. The summed E-state index contributed by atoms with van der Waals surface area (Å²) in [6, 6.07) is 11.0. The first-order valence-corrected chi connectivity index (χ1v) is 9.82. The molecule has 2 aliphatic rings. The fourth-order valence-corrected chi connectivity index (χ4v) is 3.76. The highest BCUT2D eigenvalue weighted by Gasteiger charge is 2.45. The molecule has 7 nitrogen and oxygen atoms in total. The topological polar surface area (TPSA) is 85.3 Å². The minimum atomic E-state index is -0.759. The molecule has 2 aromatic carbocycles. The van der Waals surface area contributed by atoms with Crippen LogP contribution in [0.3, 0.4) is 0 Å². The molecule has 0 radical (unpaired) electrons. The fraction of sp³-hybridized carbons (Fsp3) is 0.273. The molecule has 1 N–H and O–H groups in total. The van der Waals surface area contributed by atoms with E-state index in [1.165, 1.54) is 12.0 Å². The second-order valence-corrected chi connectivity index (χ2v) is 7.33. The molecule has 0 aromatic heterocycles. The van der Waals surface area contributed by atoms with E-state index in [2.05, 4.69) is 0 Å². The van der Waals surface area contributed by atoms with Gasteiger partial charge < -0.3 is 24.2 Å². The highest BCUT2D eigenvalue weighted by Crippen LogP contribution is 2.41. The molecule has 2 heterocycles. The van der Waals surface area contributed by atoms with Crippen molar-refractivity contribution in [1.82, 2.24) is 4.90 Å². The Kier molecular flexibility index (Phi) is 5.65. The van der Waals surface area contributed by atoms with Crippen molar-refractivity contribution in [3.8, 4) is 11.5 Å². The molecule has 0 saturated carbocycles. The van der Waals surface area contributed by atoms with E-state index in [-0.39, 0.29) is 24.5 Å². The highest BCUT2D eigenvalue weighted by atomic mass is 35.5. The smallest absolute Gasteiger partial charge is 0.295 e. The first-order chi connectivity index (χ1) is 14.5. The number of ketones is 1. The lowest BCUT2D eigenvalue weighted by molar-refractivity contribution is -0.140. The number of fused-ring (bicyclic) bond motifs is 1. The van der Waals surface area contributed by atoms with Crippen LogP contribution in [0.25, 0.3) is 5.76 Å². The molecule has 30 heavy (non-hydrogen) atoms. The van der Waals surface area contributed by atoms with Gasteiger partial charge in [-0.25, -0.2) is 0 Å². The lowest BCUT2D eigenvalue weighted by Crippen LogP contribution is -2.32. The zero-order valence-corrected chi connectivity index (χ0v) is 17.0. The molecule has 0 spiro atoms. The van der Waals surface area contributed by atoms with E-state index in [4.69, 9.17) is 25.8 Å². The zero-order valence-electron chi connectivity index (χ0n) is 16.3. The molecule has 0 aliphatic carbocycles. The number of benzene rings is 2. The van der Waals surface area contributed by atoms with Crippen molar-refractivity contribution in [1.29, 1.82) is 0 Å². The van der Waals surface area contributed by atoms with Gasteiger partial charge in [0.1, 0.15) is 19.0 Å². The second kappa shape index (κ2) is 8.38. The number of halogens is 1. The van der Waals surface area contributed by atoms with Gasteiger partial charge in [-0.15, -0.1) is 0 Å². The molecule has 1 saturated heterocycles. The minimum absolute atomic E-state index is 0.00935. The lowest BCUT2D eigenvalue weighted by atomic mass is 9.95. The first-order valence-electron chi connectivity index (χ1n) is 9.44. The number of carbonyl (C=O) groups is 2. The van der Waals surface area contributed by atoms with Gasteiger partial charge >= 0.3 is 0 Å². The molecule has 2 aromatic rings. The Morgan fingerprint density at radius 1 is 1.13 bits per heavy atom. The van der Waals surface area contributed by atoms with E-state index in [1.54, 1.807) is 42.5 Å². The van der Waals surface area contributed by atoms with Crippen LogP contribution in [0.2, 0.25) is 5.02 Å². The Balaban J connectivity index is 1.82. The number of aliphatic hydroxyl groups is 1. The van der Waals surface area contributed by atoms with Crippen LogP contribution < -0.4 is 9.47 Å². The zero-order chi connectivity index (χ0) is 21.3. The van der Waals surface area contributed by atoms with Gasteiger partial charge in [0.05, 0.1) is 18.2 Å². The Labute approximate surface area is 178 Å². The molecular formula is C22H20ClNO6. The third-order valence-electron chi connectivity index (χ3n) is 5.08. The van der Waals surface area contributed by atoms with Crippen LogP contribution in [-0.2, 0) is 14.3 Å². The number of carbonyl (C=O) groups excluding carboxylic acids is 2. The van der Waals surface area contributed by atoms with Crippen LogP contribution in [0, 0.1) is 0 Å². The number of amides is 1. The van der Waals surface area contributed by atoms with E-state index < -0.39 is 17.7 Å². The summed E-state index contributed by atoms with van der Waals surface area (Å²) in [5.41, 5.74) is 1.03. The van der Waals surface area contributed by atoms with Gasteiger partial charge in [-0.3, -0.25) is 9.59 Å².